The minimum atomic E-state index is 0.274. The summed E-state index contributed by atoms with van der Waals surface area (Å²) in [6, 6.07) is 8.45. The normalized spacial score (nSPS) is 12.7. The summed E-state index contributed by atoms with van der Waals surface area (Å²) in [5, 5.41) is 5.70. The maximum absolute atomic E-state index is 5.59. The molecule has 2 aromatic rings. The second-order valence-corrected chi connectivity index (χ2v) is 3.68. The number of hydrogen-bond acceptors (Lipinski definition) is 3. The highest BCUT2D eigenvalue weighted by atomic mass is 14.9. The summed E-state index contributed by atoms with van der Waals surface area (Å²) in [5.74, 6) is 0. The fourth-order valence-electron chi connectivity index (χ4n) is 1.56. The van der Waals surface area contributed by atoms with E-state index in [2.05, 4.69) is 29.4 Å². The van der Waals surface area contributed by atoms with E-state index in [0.29, 0.717) is 6.54 Å². The Morgan fingerprint density at radius 2 is 2.27 bits per heavy atom. The van der Waals surface area contributed by atoms with Gasteiger partial charge in [-0.2, -0.15) is 0 Å². The molecule has 0 bridgehead atoms. The minimum absolute atomic E-state index is 0.274. The summed E-state index contributed by atoms with van der Waals surface area (Å²) < 4.78 is 0. The summed E-state index contributed by atoms with van der Waals surface area (Å²) >= 11 is 0. The number of rotatable bonds is 3. The molecule has 2 rings (SSSR count). The fourth-order valence-corrected chi connectivity index (χ4v) is 1.56. The van der Waals surface area contributed by atoms with E-state index in [1.54, 1.807) is 6.20 Å². The molecule has 0 aliphatic rings. The van der Waals surface area contributed by atoms with Gasteiger partial charge in [0.15, 0.2) is 0 Å². The van der Waals surface area contributed by atoms with Crippen molar-refractivity contribution >= 4 is 16.5 Å². The molecule has 0 aliphatic heterocycles. The molecule has 1 heterocycles. The molecule has 0 amide bonds. The van der Waals surface area contributed by atoms with Gasteiger partial charge in [0.1, 0.15) is 0 Å². The van der Waals surface area contributed by atoms with Crippen LogP contribution in [0.25, 0.3) is 10.8 Å². The lowest BCUT2D eigenvalue weighted by molar-refractivity contribution is 0.805. The van der Waals surface area contributed by atoms with Crippen LogP contribution in [-0.4, -0.2) is 17.6 Å². The van der Waals surface area contributed by atoms with Gasteiger partial charge in [-0.1, -0.05) is 12.1 Å². The van der Waals surface area contributed by atoms with Gasteiger partial charge in [-0.05, 0) is 24.4 Å². The molecule has 0 aliphatic carbocycles. The second-order valence-electron chi connectivity index (χ2n) is 3.68. The van der Waals surface area contributed by atoms with E-state index >= 15 is 0 Å². The van der Waals surface area contributed by atoms with E-state index in [-0.39, 0.29) is 6.04 Å². The van der Waals surface area contributed by atoms with Crippen molar-refractivity contribution in [1.29, 1.82) is 0 Å². The lowest BCUT2D eigenvalue weighted by atomic mass is 10.1. The molecule has 0 fully saturated rings. The predicted octanol–water partition coefficient (Wildman–Crippen LogP) is 1.99. The smallest absolute Gasteiger partial charge is 0.0438 e. The molecule has 0 saturated heterocycles. The number of nitrogens with two attached hydrogens (primary N) is 1. The molecule has 15 heavy (non-hydrogen) atoms. The van der Waals surface area contributed by atoms with E-state index in [1.807, 2.05) is 18.3 Å². The summed E-state index contributed by atoms with van der Waals surface area (Å²) in [6.45, 7) is 2.69. The summed E-state index contributed by atoms with van der Waals surface area (Å²) in [4.78, 5) is 4.14. The zero-order valence-electron chi connectivity index (χ0n) is 8.77. The Bertz CT molecular complexity index is 448. The molecule has 1 aromatic carbocycles. The lowest BCUT2D eigenvalue weighted by Gasteiger charge is -2.14. The number of nitrogens with zero attached hydrogens (tertiary/aromatic N) is 1. The van der Waals surface area contributed by atoms with Gasteiger partial charge in [-0.25, -0.2) is 0 Å². The molecule has 0 radical (unpaired) electrons. The van der Waals surface area contributed by atoms with E-state index in [9.17, 15) is 0 Å². The van der Waals surface area contributed by atoms with Gasteiger partial charge in [0.05, 0.1) is 0 Å². The number of hydrogen-bond donors (Lipinski definition) is 2. The van der Waals surface area contributed by atoms with Crippen LogP contribution < -0.4 is 11.1 Å². The van der Waals surface area contributed by atoms with Crippen LogP contribution in [0.5, 0.6) is 0 Å². The van der Waals surface area contributed by atoms with E-state index in [0.717, 1.165) is 11.1 Å². The van der Waals surface area contributed by atoms with Crippen molar-refractivity contribution in [1.82, 2.24) is 4.98 Å². The quantitative estimate of drug-likeness (QED) is 0.798. The van der Waals surface area contributed by atoms with Crippen LogP contribution in [-0.2, 0) is 0 Å². The monoisotopic (exact) mass is 201 g/mol. The van der Waals surface area contributed by atoms with Crippen molar-refractivity contribution in [3.63, 3.8) is 0 Å². The van der Waals surface area contributed by atoms with E-state index in [1.165, 1.54) is 5.39 Å². The molecule has 0 spiro atoms. The third-order valence-electron chi connectivity index (χ3n) is 2.44. The Morgan fingerprint density at radius 1 is 1.40 bits per heavy atom. The highest BCUT2D eigenvalue weighted by molar-refractivity contribution is 5.93. The lowest BCUT2D eigenvalue weighted by Crippen LogP contribution is -2.25. The van der Waals surface area contributed by atoms with Crippen LogP contribution in [0, 0.1) is 0 Å². The molecule has 78 valence electrons. The predicted molar refractivity (Wildman–Crippen MR) is 63.9 cm³/mol. The summed E-state index contributed by atoms with van der Waals surface area (Å²) in [6.07, 6.45) is 3.68. The van der Waals surface area contributed by atoms with Gasteiger partial charge < -0.3 is 11.1 Å². The van der Waals surface area contributed by atoms with Gasteiger partial charge in [0.2, 0.25) is 0 Å². The molecular weight excluding hydrogens is 186 g/mol. The highest BCUT2D eigenvalue weighted by Crippen LogP contribution is 2.22. The zero-order valence-corrected chi connectivity index (χ0v) is 8.77. The van der Waals surface area contributed by atoms with Gasteiger partial charge in [0, 0.05) is 36.1 Å². The summed E-state index contributed by atoms with van der Waals surface area (Å²) in [5.41, 5.74) is 6.68. The van der Waals surface area contributed by atoms with Crippen LogP contribution in [0.15, 0.2) is 36.7 Å². The first-order valence-electron chi connectivity index (χ1n) is 5.10. The molecule has 1 unspecified atom stereocenters. The maximum Gasteiger partial charge on any atom is 0.0438 e. The SMILES string of the molecule is CC(CN)Nc1cccc2ccncc12. The number of aromatic nitrogens is 1. The van der Waals surface area contributed by atoms with Crippen molar-refractivity contribution in [2.75, 3.05) is 11.9 Å². The van der Waals surface area contributed by atoms with Crippen molar-refractivity contribution in [3.05, 3.63) is 36.7 Å². The standard InChI is InChI=1S/C12H15N3/c1-9(7-13)15-12-4-2-3-10-5-6-14-8-11(10)12/h2-6,8-9,15H,7,13H2,1H3. The van der Waals surface area contributed by atoms with Crippen LogP contribution >= 0.6 is 0 Å². The van der Waals surface area contributed by atoms with Gasteiger partial charge >= 0.3 is 0 Å². The Labute approximate surface area is 89.3 Å². The van der Waals surface area contributed by atoms with Crippen LogP contribution in [0.1, 0.15) is 6.92 Å². The molecule has 1 aromatic heterocycles. The third kappa shape index (κ3) is 2.07. The number of anilines is 1. The van der Waals surface area contributed by atoms with Gasteiger partial charge in [-0.3, -0.25) is 4.98 Å². The van der Waals surface area contributed by atoms with Crippen LogP contribution in [0.2, 0.25) is 0 Å². The number of nitrogens with one attached hydrogen (secondary N) is 1. The van der Waals surface area contributed by atoms with E-state index in [4.69, 9.17) is 5.73 Å². The Morgan fingerprint density at radius 3 is 3.07 bits per heavy atom. The molecular formula is C12H15N3. The first-order chi connectivity index (χ1) is 7.31. The van der Waals surface area contributed by atoms with Crippen molar-refractivity contribution in [2.24, 2.45) is 5.73 Å². The second kappa shape index (κ2) is 4.28. The average Bonchev–Trinajstić information content (AvgIpc) is 2.29. The zero-order chi connectivity index (χ0) is 10.7. The maximum atomic E-state index is 5.59. The molecule has 3 N–H and O–H groups in total. The minimum Gasteiger partial charge on any atom is -0.381 e. The largest absolute Gasteiger partial charge is 0.381 e. The average molecular weight is 201 g/mol. The van der Waals surface area contributed by atoms with Gasteiger partial charge in [0.25, 0.3) is 0 Å². The van der Waals surface area contributed by atoms with E-state index < -0.39 is 0 Å². The number of pyridine rings is 1. The van der Waals surface area contributed by atoms with Crippen LogP contribution in [0.3, 0.4) is 0 Å². The van der Waals surface area contributed by atoms with Crippen molar-refractivity contribution < 1.29 is 0 Å². The Kier molecular flexibility index (Phi) is 2.83. The summed E-state index contributed by atoms with van der Waals surface area (Å²) in [7, 11) is 0. The number of benzene rings is 1. The first kappa shape index (κ1) is 9.93. The van der Waals surface area contributed by atoms with Crippen LogP contribution in [0.4, 0.5) is 5.69 Å². The topological polar surface area (TPSA) is 50.9 Å². The third-order valence-corrected chi connectivity index (χ3v) is 2.44. The molecule has 0 saturated carbocycles. The Balaban J connectivity index is 2.42. The van der Waals surface area contributed by atoms with Gasteiger partial charge in [-0.15, -0.1) is 0 Å². The first-order valence-corrected chi connectivity index (χ1v) is 5.10. The van der Waals surface area contributed by atoms with Crippen molar-refractivity contribution in [3.8, 4) is 0 Å². The molecule has 1 atom stereocenters. The molecule has 3 heteroatoms. The number of fused-ring (bicyclic) bond motifs is 1. The molecule has 3 nitrogen and oxygen atoms in total. The fraction of sp³-hybridized carbons (Fsp3) is 0.250. The highest BCUT2D eigenvalue weighted by Gasteiger charge is 2.02. The Hall–Kier alpha value is -1.61. The van der Waals surface area contributed by atoms with Crippen molar-refractivity contribution in [2.45, 2.75) is 13.0 Å².